The zero-order valence-corrected chi connectivity index (χ0v) is 9.71. The van der Waals surface area contributed by atoms with Gasteiger partial charge in [-0.2, -0.15) is 5.10 Å². The van der Waals surface area contributed by atoms with Crippen LogP contribution in [0.5, 0.6) is 11.6 Å². The van der Waals surface area contributed by atoms with Gasteiger partial charge in [-0.3, -0.25) is 4.68 Å². The molecule has 0 bridgehead atoms. The number of nitrogens with zero attached hydrogens (tertiary/aromatic N) is 3. The lowest BCUT2D eigenvalue weighted by atomic mass is 10.3. The largest absolute Gasteiger partial charge is 0.435 e. The Balaban J connectivity index is 2.13. The van der Waals surface area contributed by atoms with E-state index in [-0.39, 0.29) is 6.61 Å². The molecule has 5 heteroatoms. The van der Waals surface area contributed by atoms with Crippen LogP contribution >= 0.6 is 0 Å². The molecule has 1 N–H and O–H groups in total. The van der Waals surface area contributed by atoms with E-state index in [1.54, 1.807) is 24.5 Å². The third kappa shape index (κ3) is 2.82. The Labute approximate surface area is 99.7 Å². The van der Waals surface area contributed by atoms with E-state index in [9.17, 15) is 0 Å². The first-order valence-corrected chi connectivity index (χ1v) is 5.58. The molecule has 17 heavy (non-hydrogen) atoms. The van der Waals surface area contributed by atoms with Gasteiger partial charge in [-0.1, -0.05) is 6.92 Å². The number of rotatable bonds is 5. The molecule has 0 amide bonds. The number of aromatic nitrogens is 3. The molecule has 90 valence electrons. The molecule has 0 radical (unpaired) electrons. The Hall–Kier alpha value is -1.88. The highest BCUT2D eigenvalue weighted by Crippen LogP contribution is 2.22. The van der Waals surface area contributed by atoms with E-state index in [0.717, 1.165) is 13.0 Å². The predicted molar refractivity (Wildman–Crippen MR) is 62.8 cm³/mol. The standard InChI is InChI=1S/C12H15N3O2/c1-2-6-15-8-11(7-14-15)17-12-10(9-16)4-3-5-13-12/h3-5,7-8,16H,2,6,9H2,1H3. The Morgan fingerprint density at radius 2 is 2.35 bits per heavy atom. The molecule has 0 aliphatic heterocycles. The van der Waals surface area contributed by atoms with E-state index >= 15 is 0 Å². The fourth-order valence-electron chi connectivity index (χ4n) is 1.50. The first-order valence-electron chi connectivity index (χ1n) is 5.58. The van der Waals surface area contributed by atoms with Crippen molar-refractivity contribution >= 4 is 0 Å². The van der Waals surface area contributed by atoms with Crippen molar-refractivity contribution in [2.45, 2.75) is 26.5 Å². The van der Waals surface area contributed by atoms with Gasteiger partial charge < -0.3 is 9.84 Å². The van der Waals surface area contributed by atoms with Crippen molar-refractivity contribution in [2.24, 2.45) is 0 Å². The summed E-state index contributed by atoms with van der Waals surface area (Å²) >= 11 is 0. The highest BCUT2D eigenvalue weighted by atomic mass is 16.5. The second kappa shape index (κ2) is 5.45. The van der Waals surface area contributed by atoms with Crippen LogP contribution in [0.25, 0.3) is 0 Å². The van der Waals surface area contributed by atoms with Crippen LogP contribution in [0.15, 0.2) is 30.7 Å². The number of ether oxygens (including phenoxy) is 1. The molecule has 0 fully saturated rings. The highest BCUT2D eigenvalue weighted by Gasteiger charge is 2.06. The van der Waals surface area contributed by atoms with Crippen LogP contribution in [0.4, 0.5) is 0 Å². The molecule has 0 atom stereocenters. The summed E-state index contributed by atoms with van der Waals surface area (Å²) in [5.41, 5.74) is 0.663. The smallest absolute Gasteiger partial charge is 0.224 e. The molecule has 0 saturated heterocycles. The fourth-order valence-corrected chi connectivity index (χ4v) is 1.50. The second-order valence-electron chi connectivity index (χ2n) is 3.67. The summed E-state index contributed by atoms with van der Waals surface area (Å²) in [7, 11) is 0. The summed E-state index contributed by atoms with van der Waals surface area (Å²) in [6, 6.07) is 3.54. The molecule has 2 heterocycles. The maximum atomic E-state index is 9.15. The molecule has 5 nitrogen and oxygen atoms in total. The van der Waals surface area contributed by atoms with Crippen molar-refractivity contribution in [1.82, 2.24) is 14.8 Å². The minimum atomic E-state index is -0.0910. The van der Waals surface area contributed by atoms with Crippen molar-refractivity contribution in [3.05, 3.63) is 36.3 Å². The average Bonchev–Trinajstić information content (AvgIpc) is 2.78. The maximum absolute atomic E-state index is 9.15. The Bertz CT molecular complexity index is 482. The lowest BCUT2D eigenvalue weighted by Gasteiger charge is -2.05. The second-order valence-corrected chi connectivity index (χ2v) is 3.67. The minimum absolute atomic E-state index is 0.0910. The van der Waals surface area contributed by atoms with Crippen LogP contribution in [-0.2, 0) is 13.2 Å². The number of hydrogen-bond donors (Lipinski definition) is 1. The number of aliphatic hydroxyl groups is 1. The van der Waals surface area contributed by atoms with Crippen molar-refractivity contribution in [3.8, 4) is 11.6 Å². The van der Waals surface area contributed by atoms with Crippen LogP contribution in [0.1, 0.15) is 18.9 Å². The zero-order valence-electron chi connectivity index (χ0n) is 9.71. The lowest BCUT2D eigenvalue weighted by Crippen LogP contribution is -1.96. The van der Waals surface area contributed by atoms with Crippen LogP contribution in [-0.4, -0.2) is 19.9 Å². The molecule has 0 aliphatic rings. The molecule has 0 aliphatic carbocycles. The van der Waals surface area contributed by atoms with Gasteiger partial charge in [0.15, 0.2) is 5.75 Å². The number of aryl methyl sites for hydroxylation is 1. The highest BCUT2D eigenvalue weighted by molar-refractivity contribution is 5.29. The summed E-state index contributed by atoms with van der Waals surface area (Å²) in [4.78, 5) is 4.08. The van der Waals surface area contributed by atoms with Crippen LogP contribution in [0.2, 0.25) is 0 Å². The van der Waals surface area contributed by atoms with Gasteiger partial charge in [0.25, 0.3) is 0 Å². The molecule has 0 unspecified atom stereocenters. The third-order valence-corrected chi connectivity index (χ3v) is 2.30. The number of hydrogen-bond acceptors (Lipinski definition) is 4. The van der Waals surface area contributed by atoms with Gasteiger partial charge in [-0.05, 0) is 18.6 Å². The first kappa shape index (κ1) is 11.6. The van der Waals surface area contributed by atoms with Crippen molar-refractivity contribution in [1.29, 1.82) is 0 Å². The van der Waals surface area contributed by atoms with Crippen LogP contribution in [0.3, 0.4) is 0 Å². The minimum Gasteiger partial charge on any atom is -0.435 e. The molecule has 2 aromatic heterocycles. The van der Waals surface area contributed by atoms with Gasteiger partial charge in [0, 0.05) is 18.3 Å². The van der Waals surface area contributed by atoms with Crippen molar-refractivity contribution < 1.29 is 9.84 Å². The van der Waals surface area contributed by atoms with Crippen molar-refractivity contribution in [2.75, 3.05) is 0 Å². The summed E-state index contributed by atoms with van der Waals surface area (Å²) in [6.45, 7) is 2.86. The summed E-state index contributed by atoms with van der Waals surface area (Å²) in [6.07, 6.45) is 6.11. The number of aliphatic hydroxyl groups excluding tert-OH is 1. The van der Waals surface area contributed by atoms with Crippen LogP contribution in [0, 0.1) is 0 Å². The molecule has 2 rings (SSSR count). The van der Waals surface area contributed by atoms with Gasteiger partial charge in [0.1, 0.15) is 0 Å². The van der Waals surface area contributed by atoms with Gasteiger partial charge >= 0.3 is 0 Å². The molecular weight excluding hydrogens is 218 g/mol. The van der Waals surface area contributed by atoms with E-state index in [1.165, 1.54) is 0 Å². The van der Waals surface area contributed by atoms with Gasteiger partial charge in [-0.25, -0.2) is 4.98 Å². The van der Waals surface area contributed by atoms with E-state index in [1.807, 2.05) is 10.9 Å². The normalized spacial score (nSPS) is 10.5. The van der Waals surface area contributed by atoms with Crippen molar-refractivity contribution in [3.63, 3.8) is 0 Å². The zero-order chi connectivity index (χ0) is 12.1. The van der Waals surface area contributed by atoms with E-state index in [0.29, 0.717) is 17.2 Å². The molecular formula is C12H15N3O2. The monoisotopic (exact) mass is 233 g/mol. The third-order valence-electron chi connectivity index (χ3n) is 2.30. The van der Waals surface area contributed by atoms with E-state index in [4.69, 9.17) is 9.84 Å². The van der Waals surface area contributed by atoms with E-state index in [2.05, 4.69) is 17.0 Å². The maximum Gasteiger partial charge on any atom is 0.224 e. The SMILES string of the molecule is CCCn1cc(Oc2ncccc2CO)cn1. The quantitative estimate of drug-likeness (QED) is 0.857. The van der Waals surface area contributed by atoms with Gasteiger partial charge in [0.2, 0.25) is 5.88 Å². The molecule has 0 saturated carbocycles. The average molecular weight is 233 g/mol. The summed E-state index contributed by atoms with van der Waals surface area (Å²) in [5.74, 6) is 1.05. The Morgan fingerprint density at radius 3 is 3.12 bits per heavy atom. The molecule has 0 aromatic carbocycles. The summed E-state index contributed by atoms with van der Waals surface area (Å²) < 4.78 is 7.39. The lowest BCUT2D eigenvalue weighted by molar-refractivity contribution is 0.275. The predicted octanol–water partition coefficient (Wildman–Crippen LogP) is 1.97. The molecule has 2 aromatic rings. The van der Waals surface area contributed by atoms with Gasteiger partial charge in [0.05, 0.1) is 19.0 Å². The fraction of sp³-hybridized carbons (Fsp3) is 0.333. The van der Waals surface area contributed by atoms with Gasteiger partial charge in [-0.15, -0.1) is 0 Å². The molecule has 0 spiro atoms. The first-order chi connectivity index (χ1) is 8.33. The topological polar surface area (TPSA) is 60.2 Å². The summed E-state index contributed by atoms with van der Waals surface area (Å²) in [5, 5.41) is 13.3. The Kier molecular flexibility index (Phi) is 3.72. The van der Waals surface area contributed by atoms with E-state index < -0.39 is 0 Å². The van der Waals surface area contributed by atoms with Crippen LogP contribution < -0.4 is 4.74 Å². The Morgan fingerprint density at radius 1 is 1.47 bits per heavy atom. The number of pyridine rings is 1.